The lowest BCUT2D eigenvalue weighted by Gasteiger charge is -2.37. The van der Waals surface area contributed by atoms with Crippen molar-refractivity contribution in [3.63, 3.8) is 0 Å². The number of nitrogens with two attached hydrogens (primary N) is 1. The second kappa shape index (κ2) is 6.59. The monoisotopic (exact) mass is 343 g/mol. The molecule has 0 aromatic heterocycles. The lowest BCUT2D eigenvalue weighted by Crippen LogP contribution is -2.55. The maximum absolute atomic E-state index is 13.2. The van der Waals surface area contributed by atoms with Gasteiger partial charge in [-0.15, -0.1) is 0 Å². The first-order chi connectivity index (χ1) is 10.4. The van der Waals surface area contributed by atoms with Crippen LogP contribution in [0.25, 0.3) is 0 Å². The number of benzene rings is 1. The first-order valence-corrected chi connectivity index (χ1v) is 6.98. The van der Waals surface area contributed by atoms with E-state index in [1.165, 1.54) is 6.07 Å². The molecule has 0 saturated heterocycles. The van der Waals surface area contributed by atoms with Gasteiger partial charge in [0.2, 0.25) is 0 Å². The molecule has 0 amide bonds. The Balaban J connectivity index is 3.45. The van der Waals surface area contributed by atoms with Crippen molar-refractivity contribution in [3.8, 4) is 0 Å². The molecule has 0 aliphatic carbocycles. The average Bonchev–Trinajstić information content (AvgIpc) is 2.39. The van der Waals surface area contributed by atoms with Gasteiger partial charge in [0, 0.05) is 18.4 Å². The van der Waals surface area contributed by atoms with E-state index in [9.17, 15) is 26.3 Å². The Hall–Kier alpha value is -1.44. The highest BCUT2D eigenvalue weighted by atomic mass is 19.4. The molecule has 0 aliphatic heterocycles. The maximum atomic E-state index is 13.2. The molecule has 0 bridgehead atoms. The van der Waals surface area contributed by atoms with Crippen molar-refractivity contribution in [3.05, 3.63) is 29.3 Å². The number of nitrogen functional groups attached to an aromatic ring is 1. The first kappa shape index (κ1) is 19.6. The Kier molecular flexibility index (Phi) is 5.61. The molecule has 132 valence electrons. The van der Waals surface area contributed by atoms with E-state index in [4.69, 9.17) is 5.73 Å². The molecule has 0 aliphatic rings. The Morgan fingerprint density at radius 3 is 1.96 bits per heavy atom. The predicted molar refractivity (Wildman–Crippen MR) is 74.8 cm³/mol. The highest BCUT2D eigenvalue weighted by molar-refractivity contribution is 5.53. The third-order valence-corrected chi connectivity index (χ3v) is 3.88. The quantitative estimate of drug-likeness (QED) is 0.614. The molecule has 0 fully saturated rings. The summed E-state index contributed by atoms with van der Waals surface area (Å²) in [6.45, 7) is 3.86. The van der Waals surface area contributed by atoms with E-state index in [-0.39, 0.29) is 5.92 Å². The zero-order valence-corrected chi connectivity index (χ0v) is 13.0. The number of halogens is 6. The zero-order valence-electron chi connectivity index (χ0n) is 13.0. The van der Waals surface area contributed by atoms with Crippen molar-refractivity contribution >= 4 is 5.69 Å². The Morgan fingerprint density at radius 1 is 1.09 bits per heavy atom. The molecule has 1 atom stereocenters. The second-order valence-electron chi connectivity index (χ2n) is 5.52. The Bertz CT molecular complexity index is 524. The summed E-state index contributed by atoms with van der Waals surface area (Å²) in [5.74, 6) is 0.234. The number of ether oxygens (including phenoxy) is 1. The highest BCUT2D eigenvalue weighted by Crippen LogP contribution is 2.53. The molecule has 1 aromatic rings. The molecule has 1 rings (SSSR count). The van der Waals surface area contributed by atoms with Crippen LogP contribution in [-0.2, 0) is 16.8 Å². The number of methoxy groups -OCH3 is 1. The molecule has 0 saturated carbocycles. The summed E-state index contributed by atoms with van der Waals surface area (Å²) in [6, 6.07) is 3.12. The standard InChI is InChI=1S/C15H19F6NO/c1-4-9(2)7-10-5-6-11(12(22)8-10)13(23-3,14(16,17)18)15(19,20)21/h5-6,8-9H,4,7,22H2,1-3H3. The van der Waals surface area contributed by atoms with Crippen LogP contribution in [0.2, 0.25) is 0 Å². The largest absolute Gasteiger partial charge is 0.430 e. The van der Waals surface area contributed by atoms with Crippen molar-refractivity contribution < 1.29 is 31.1 Å². The van der Waals surface area contributed by atoms with Crippen molar-refractivity contribution in [1.82, 2.24) is 0 Å². The van der Waals surface area contributed by atoms with Crippen LogP contribution in [0.3, 0.4) is 0 Å². The third kappa shape index (κ3) is 3.57. The fourth-order valence-corrected chi connectivity index (χ4v) is 2.41. The van der Waals surface area contributed by atoms with Gasteiger partial charge in [0.15, 0.2) is 0 Å². The van der Waals surface area contributed by atoms with Crippen LogP contribution in [0.1, 0.15) is 31.4 Å². The summed E-state index contributed by atoms with van der Waals surface area (Å²) >= 11 is 0. The molecular formula is C15H19F6NO. The number of hydrogen-bond donors (Lipinski definition) is 1. The van der Waals surface area contributed by atoms with E-state index < -0.39 is 29.2 Å². The summed E-state index contributed by atoms with van der Waals surface area (Å²) in [5, 5.41) is 0. The smallest absolute Gasteiger partial charge is 0.398 e. The third-order valence-electron chi connectivity index (χ3n) is 3.88. The van der Waals surface area contributed by atoms with Gasteiger partial charge < -0.3 is 10.5 Å². The van der Waals surface area contributed by atoms with Crippen molar-refractivity contribution in [2.24, 2.45) is 5.92 Å². The molecule has 2 N–H and O–H groups in total. The summed E-state index contributed by atoms with van der Waals surface area (Å²) in [4.78, 5) is 0. The van der Waals surface area contributed by atoms with Crippen LogP contribution in [0.4, 0.5) is 32.0 Å². The second-order valence-corrected chi connectivity index (χ2v) is 5.52. The molecule has 8 heteroatoms. The van der Waals surface area contributed by atoms with Crippen LogP contribution < -0.4 is 5.73 Å². The van der Waals surface area contributed by atoms with E-state index in [2.05, 4.69) is 4.74 Å². The van der Waals surface area contributed by atoms with Gasteiger partial charge >= 0.3 is 12.4 Å². The van der Waals surface area contributed by atoms with Crippen molar-refractivity contribution in [1.29, 1.82) is 0 Å². The summed E-state index contributed by atoms with van der Waals surface area (Å²) in [5.41, 5.74) is -0.0938. The van der Waals surface area contributed by atoms with E-state index in [1.807, 2.05) is 13.8 Å². The summed E-state index contributed by atoms with van der Waals surface area (Å²) in [7, 11) is 0.369. The van der Waals surface area contributed by atoms with Crippen LogP contribution >= 0.6 is 0 Å². The van der Waals surface area contributed by atoms with E-state index in [0.29, 0.717) is 19.1 Å². The first-order valence-electron chi connectivity index (χ1n) is 6.98. The van der Waals surface area contributed by atoms with Gasteiger partial charge in [0.05, 0.1) is 0 Å². The van der Waals surface area contributed by atoms with E-state index in [1.54, 1.807) is 0 Å². The van der Waals surface area contributed by atoms with Crippen LogP contribution in [0.5, 0.6) is 0 Å². The van der Waals surface area contributed by atoms with Gasteiger partial charge in [-0.1, -0.05) is 32.4 Å². The minimum absolute atomic E-state index is 0.234. The SMILES string of the molecule is CCC(C)Cc1ccc(C(OC)(C(F)(F)F)C(F)(F)F)c(N)c1. The van der Waals surface area contributed by atoms with E-state index in [0.717, 1.165) is 18.6 Å². The number of hydrogen-bond acceptors (Lipinski definition) is 2. The van der Waals surface area contributed by atoms with Gasteiger partial charge in [0.1, 0.15) is 0 Å². The van der Waals surface area contributed by atoms with Crippen LogP contribution in [0, 0.1) is 5.92 Å². The van der Waals surface area contributed by atoms with E-state index >= 15 is 0 Å². The molecule has 2 nitrogen and oxygen atoms in total. The zero-order chi connectivity index (χ0) is 18.1. The minimum atomic E-state index is -5.70. The lowest BCUT2D eigenvalue weighted by atomic mass is 9.88. The molecule has 0 radical (unpaired) electrons. The fourth-order valence-electron chi connectivity index (χ4n) is 2.41. The van der Waals surface area contributed by atoms with Gasteiger partial charge in [-0.25, -0.2) is 0 Å². The highest BCUT2D eigenvalue weighted by Gasteiger charge is 2.73. The molecule has 23 heavy (non-hydrogen) atoms. The lowest BCUT2D eigenvalue weighted by molar-refractivity contribution is -0.383. The normalized spacial score (nSPS) is 14.8. The predicted octanol–water partition coefficient (Wildman–Crippen LogP) is 4.82. The molecule has 1 aromatic carbocycles. The Morgan fingerprint density at radius 2 is 1.61 bits per heavy atom. The topological polar surface area (TPSA) is 35.2 Å². The summed E-state index contributed by atoms with van der Waals surface area (Å²) < 4.78 is 83.2. The number of anilines is 1. The van der Waals surface area contributed by atoms with Gasteiger partial charge in [-0.3, -0.25) is 0 Å². The fraction of sp³-hybridized carbons (Fsp3) is 0.600. The average molecular weight is 343 g/mol. The maximum Gasteiger partial charge on any atom is 0.430 e. The molecular weight excluding hydrogens is 324 g/mol. The van der Waals surface area contributed by atoms with Crippen LogP contribution in [-0.4, -0.2) is 19.5 Å². The van der Waals surface area contributed by atoms with Crippen molar-refractivity contribution in [2.75, 3.05) is 12.8 Å². The van der Waals surface area contributed by atoms with Crippen molar-refractivity contribution in [2.45, 2.75) is 44.6 Å². The van der Waals surface area contributed by atoms with Crippen LogP contribution in [0.15, 0.2) is 18.2 Å². The molecule has 0 spiro atoms. The molecule has 0 heterocycles. The van der Waals surface area contributed by atoms with Gasteiger partial charge in [-0.05, 0) is 24.0 Å². The van der Waals surface area contributed by atoms with Gasteiger partial charge in [0.25, 0.3) is 5.60 Å². The molecule has 1 unspecified atom stereocenters. The minimum Gasteiger partial charge on any atom is -0.398 e. The Labute approximate surface area is 130 Å². The summed E-state index contributed by atoms with van der Waals surface area (Å²) in [6.07, 6.45) is -10.1. The van der Waals surface area contributed by atoms with Gasteiger partial charge in [-0.2, -0.15) is 26.3 Å². The number of alkyl halides is 6. The number of rotatable bonds is 5.